The lowest BCUT2D eigenvalue weighted by Gasteiger charge is -2.11. The van der Waals surface area contributed by atoms with Crippen molar-refractivity contribution in [2.75, 3.05) is 19.8 Å². The number of carbonyl (C=O) groups is 1. The zero-order valence-corrected chi connectivity index (χ0v) is 17.4. The minimum absolute atomic E-state index is 0.279. The molecule has 3 aromatic rings. The third kappa shape index (κ3) is 7.22. The lowest BCUT2D eigenvalue weighted by atomic mass is 10.1. The van der Waals surface area contributed by atoms with Crippen molar-refractivity contribution < 1.29 is 14.3 Å². The van der Waals surface area contributed by atoms with Crippen molar-refractivity contribution in [2.24, 2.45) is 0 Å². The van der Waals surface area contributed by atoms with Crippen LogP contribution >= 0.6 is 12.2 Å². The molecule has 1 amide bonds. The molecule has 0 aromatic heterocycles. The Bertz CT molecular complexity index is 949. The number of hydrogen-bond donors (Lipinski definition) is 2. The second-order valence-electron chi connectivity index (χ2n) is 6.48. The van der Waals surface area contributed by atoms with E-state index in [2.05, 4.69) is 22.8 Å². The van der Waals surface area contributed by atoms with Gasteiger partial charge in [0.2, 0.25) is 0 Å². The van der Waals surface area contributed by atoms with Crippen molar-refractivity contribution in [3.8, 4) is 11.5 Å². The molecule has 0 radical (unpaired) electrons. The average Bonchev–Trinajstić information content (AvgIpc) is 2.78. The van der Waals surface area contributed by atoms with Gasteiger partial charge in [-0.05, 0) is 54.5 Å². The first-order valence-corrected chi connectivity index (χ1v) is 10.2. The maximum Gasteiger partial charge on any atom is 0.257 e. The van der Waals surface area contributed by atoms with Gasteiger partial charge in [-0.15, -0.1) is 0 Å². The normalized spacial score (nSPS) is 10.1. The van der Waals surface area contributed by atoms with Gasteiger partial charge in [0.05, 0.1) is 0 Å². The summed E-state index contributed by atoms with van der Waals surface area (Å²) >= 11 is 5.22. The molecule has 0 unspecified atom stereocenters. The van der Waals surface area contributed by atoms with Crippen molar-refractivity contribution in [3.63, 3.8) is 0 Å². The van der Waals surface area contributed by atoms with E-state index in [4.69, 9.17) is 21.7 Å². The molecule has 0 atom stereocenters. The van der Waals surface area contributed by atoms with Gasteiger partial charge >= 0.3 is 0 Å². The fourth-order valence-corrected chi connectivity index (χ4v) is 2.94. The second kappa shape index (κ2) is 11.6. The summed E-state index contributed by atoms with van der Waals surface area (Å²) in [5.41, 5.74) is 1.68. The molecule has 5 nitrogen and oxygen atoms in total. The van der Waals surface area contributed by atoms with Crippen LogP contribution in [0.5, 0.6) is 11.5 Å². The molecule has 0 aliphatic carbocycles. The van der Waals surface area contributed by atoms with Gasteiger partial charge < -0.3 is 14.8 Å². The van der Waals surface area contributed by atoms with Crippen LogP contribution in [0, 0.1) is 0 Å². The molecule has 0 fully saturated rings. The number of amides is 1. The smallest absolute Gasteiger partial charge is 0.257 e. The van der Waals surface area contributed by atoms with Gasteiger partial charge in [0, 0.05) is 12.1 Å². The molecule has 0 bridgehead atoms. The highest BCUT2D eigenvalue weighted by molar-refractivity contribution is 7.80. The number of ether oxygens (including phenoxy) is 2. The molecule has 30 heavy (non-hydrogen) atoms. The molecule has 0 aliphatic heterocycles. The molecule has 154 valence electrons. The van der Waals surface area contributed by atoms with E-state index in [1.807, 2.05) is 48.5 Å². The third-order valence-corrected chi connectivity index (χ3v) is 4.48. The first kappa shape index (κ1) is 21.3. The van der Waals surface area contributed by atoms with Crippen LogP contribution < -0.4 is 20.1 Å². The van der Waals surface area contributed by atoms with E-state index in [-0.39, 0.29) is 5.91 Å². The van der Waals surface area contributed by atoms with Gasteiger partial charge in [-0.25, -0.2) is 0 Å². The van der Waals surface area contributed by atoms with E-state index < -0.39 is 0 Å². The summed E-state index contributed by atoms with van der Waals surface area (Å²) in [7, 11) is 0. The Morgan fingerprint density at radius 1 is 0.800 bits per heavy atom. The summed E-state index contributed by atoms with van der Waals surface area (Å²) in [5.74, 6) is 1.11. The van der Waals surface area contributed by atoms with E-state index in [0.717, 1.165) is 12.2 Å². The van der Waals surface area contributed by atoms with Crippen molar-refractivity contribution in [1.82, 2.24) is 10.6 Å². The van der Waals surface area contributed by atoms with Gasteiger partial charge in [0.25, 0.3) is 5.91 Å². The van der Waals surface area contributed by atoms with Crippen LogP contribution in [0.25, 0.3) is 0 Å². The maximum atomic E-state index is 12.4. The zero-order chi connectivity index (χ0) is 21.0. The molecular weight excluding hydrogens is 396 g/mol. The van der Waals surface area contributed by atoms with E-state index in [9.17, 15) is 4.79 Å². The average molecular weight is 421 g/mol. The summed E-state index contributed by atoms with van der Waals surface area (Å²) in [6.45, 7) is 1.43. The monoisotopic (exact) mass is 420 g/mol. The molecule has 3 rings (SSSR count). The van der Waals surface area contributed by atoms with Crippen LogP contribution in [0.1, 0.15) is 15.9 Å². The highest BCUT2D eigenvalue weighted by atomic mass is 32.1. The minimum atomic E-state index is -0.279. The van der Waals surface area contributed by atoms with E-state index >= 15 is 0 Å². The van der Waals surface area contributed by atoms with E-state index in [1.165, 1.54) is 5.56 Å². The van der Waals surface area contributed by atoms with Crippen LogP contribution in [0.15, 0.2) is 84.9 Å². The Morgan fingerprint density at radius 3 is 2.17 bits per heavy atom. The number of nitrogens with one attached hydrogen (secondary N) is 2. The second-order valence-corrected chi connectivity index (χ2v) is 6.89. The molecule has 0 saturated heterocycles. The SMILES string of the molecule is O=C(NC(=S)NCCc1ccccc1)c1cccc(OCCOc2ccccc2)c1. The van der Waals surface area contributed by atoms with Crippen LogP contribution in [-0.2, 0) is 6.42 Å². The third-order valence-electron chi connectivity index (χ3n) is 4.23. The van der Waals surface area contributed by atoms with E-state index in [1.54, 1.807) is 24.3 Å². The number of benzene rings is 3. The van der Waals surface area contributed by atoms with Gasteiger partial charge in [0.15, 0.2) is 5.11 Å². The fraction of sp³-hybridized carbons (Fsp3) is 0.167. The van der Waals surface area contributed by atoms with Gasteiger partial charge in [-0.3, -0.25) is 10.1 Å². The van der Waals surface area contributed by atoms with Gasteiger partial charge in [-0.1, -0.05) is 54.6 Å². The molecule has 0 heterocycles. The molecule has 0 aliphatic rings. The predicted molar refractivity (Wildman–Crippen MR) is 122 cm³/mol. The summed E-state index contributed by atoms with van der Waals surface area (Å²) in [5, 5.41) is 6.06. The lowest BCUT2D eigenvalue weighted by Crippen LogP contribution is -2.40. The lowest BCUT2D eigenvalue weighted by molar-refractivity contribution is 0.0976. The van der Waals surface area contributed by atoms with Crippen LogP contribution in [-0.4, -0.2) is 30.8 Å². The van der Waals surface area contributed by atoms with Gasteiger partial charge in [-0.2, -0.15) is 0 Å². The summed E-state index contributed by atoms with van der Waals surface area (Å²) < 4.78 is 11.3. The van der Waals surface area contributed by atoms with Crippen LogP contribution in [0.3, 0.4) is 0 Å². The number of thiocarbonyl (C=S) groups is 1. The number of rotatable bonds is 9. The first-order valence-electron chi connectivity index (χ1n) is 9.74. The zero-order valence-electron chi connectivity index (χ0n) is 16.5. The van der Waals surface area contributed by atoms with Crippen molar-refractivity contribution in [1.29, 1.82) is 0 Å². The Balaban J connectivity index is 1.40. The highest BCUT2D eigenvalue weighted by Crippen LogP contribution is 2.14. The van der Waals surface area contributed by atoms with Crippen molar-refractivity contribution >= 4 is 23.2 Å². The largest absolute Gasteiger partial charge is 0.490 e. The number of carbonyl (C=O) groups excluding carboxylic acids is 1. The highest BCUT2D eigenvalue weighted by Gasteiger charge is 2.09. The Kier molecular flexibility index (Phi) is 8.23. The molecule has 6 heteroatoms. The molecule has 0 spiro atoms. The molecule has 2 N–H and O–H groups in total. The van der Waals surface area contributed by atoms with Crippen LogP contribution in [0.4, 0.5) is 0 Å². The molecule has 3 aromatic carbocycles. The first-order chi connectivity index (χ1) is 14.7. The van der Waals surface area contributed by atoms with Gasteiger partial charge in [0.1, 0.15) is 24.7 Å². The summed E-state index contributed by atoms with van der Waals surface area (Å²) in [6, 6.07) is 26.6. The fourth-order valence-electron chi connectivity index (χ4n) is 2.75. The summed E-state index contributed by atoms with van der Waals surface area (Å²) in [4.78, 5) is 12.4. The Labute approximate surface area is 182 Å². The molecular formula is C24H24N2O3S. The van der Waals surface area contributed by atoms with E-state index in [0.29, 0.717) is 36.2 Å². The summed E-state index contributed by atoms with van der Waals surface area (Å²) in [6.07, 6.45) is 0.825. The number of para-hydroxylation sites is 1. The van der Waals surface area contributed by atoms with Crippen molar-refractivity contribution in [3.05, 3.63) is 96.1 Å². The number of hydrogen-bond acceptors (Lipinski definition) is 4. The Hall–Kier alpha value is -3.38. The maximum absolute atomic E-state index is 12.4. The quantitative estimate of drug-likeness (QED) is 0.405. The minimum Gasteiger partial charge on any atom is -0.490 e. The van der Waals surface area contributed by atoms with Crippen LogP contribution in [0.2, 0.25) is 0 Å². The Morgan fingerprint density at radius 2 is 1.43 bits per heavy atom. The predicted octanol–water partition coefficient (Wildman–Crippen LogP) is 3.99. The standard InChI is InChI=1S/C24H24N2O3S/c27-23(26-24(30)25-15-14-19-8-3-1-4-9-19)20-10-7-13-22(18-20)29-17-16-28-21-11-5-2-6-12-21/h1-13,18H,14-17H2,(H2,25,26,27,30). The molecule has 0 saturated carbocycles. The topological polar surface area (TPSA) is 59.6 Å². The van der Waals surface area contributed by atoms with Crippen molar-refractivity contribution in [2.45, 2.75) is 6.42 Å².